The normalized spacial score (nSPS) is 24.5. The summed E-state index contributed by atoms with van der Waals surface area (Å²) < 4.78 is 0. The second-order valence-electron chi connectivity index (χ2n) is 5.41. The van der Waals surface area contributed by atoms with Crippen LogP contribution in [0.1, 0.15) is 43.7 Å². The molecular weight excluding hydrogens is 244 g/mol. The maximum atomic E-state index is 6.46. The minimum absolute atomic E-state index is 0.504. The van der Waals surface area contributed by atoms with Gasteiger partial charge in [-0.25, -0.2) is 0 Å². The zero-order valence-corrected chi connectivity index (χ0v) is 11.5. The van der Waals surface area contributed by atoms with Gasteiger partial charge in [0.25, 0.3) is 0 Å². The standard InChI is InChI=1S/C15H21ClN2/c16-13-11-12(14-5-1-2-8-17-14)6-7-15(13)18-9-3-4-10-18/h6-7,11,14,17H,1-5,8-10H2. The SMILES string of the molecule is Clc1cc(C2CCCCN2)ccc1N1CCCC1. The molecule has 0 bridgehead atoms. The van der Waals surface area contributed by atoms with E-state index in [1.807, 2.05) is 0 Å². The van der Waals surface area contributed by atoms with Crippen molar-refractivity contribution in [2.75, 3.05) is 24.5 Å². The van der Waals surface area contributed by atoms with Gasteiger partial charge in [0, 0.05) is 19.1 Å². The smallest absolute Gasteiger partial charge is 0.0642 e. The van der Waals surface area contributed by atoms with Crippen LogP contribution in [-0.4, -0.2) is 19.6 Å². The molecule has 2 nitrogen and oxygen atoms in total. The fourth-order valence-electron chi connectivity index (χ4n) is 3.09. The van der Waals surface area contributed by atoms with Gasteiger partial charge >= 0.3 is 0 Å². The molecule has 98 valence electrons. The lowest BCUT2D eigenvalue weighted by molar-refractivity contribution is 0.412. The van der Waals surface area contributed by atoms with Gasteiger partial charge < -0.3 is 10.2 Å². The second kappa shape index (κ2) is 5.50. The molecule has 1 aromatic rings. The van der Waals surface area contributed by atoms with Crippen molar-refractivity contribution in [2.24, 2.45) is 0 Å². The zero-order valence-electron chi connectivity index (χ0n) is 10.8. The Labute approximate surface area is 114 Å². The van der Waals surface area contributed by atoms with Crippen LogP contribution in [-0.2, 0) is 0 Å². The van der Waals surface area contributed by atoms with Crippen molar-refractivity contribution in [3.63, 3.8) is 0 Å². The topological polar surface area (TPSA) is 15.3 Å². The van der Waals surface area contributed by atoms with Crippen LogP contribution in [0.25, 0.3) is 0 Å². The predicted octanol–water partition coefficient (Wildman–Crippen LogP) is 3.75. The first-order valence-electron chi connectivity index (χ1n) is 7.12. The summed E-state index contributed by atoms with van der Waals surface area (Å²) in [5.41, 5.74) is 2.57. The number of anilines is 1. The van der Waals surface area contributed by atoms with Crippen LogP contribution in [0.2, 0.25) is 5.02 Å². The Morgan fingerprint density at radius 1 is 1.11 bits per heavy atom. The largest absolute Gasteiger partial charge is 0.370 e. The van der Waals surface area contributed by atoms with E-state index in [1.165, 1.54) is 43.4 Å². The summed E-state index contributed by atoms with van der Waals surface area (Å²) in [4.78, 5) is 2.40. The number of piperidine rings is 1. The minimum atomic E-state index is 0.504. The van der Waals surface area contributed by atoms with Crippen molar-refractivity contribution < 1.29 is 0 Å². The van der Waals surface area contributed by atoms with E-state index in [4.69, 9.17) is 11.6 Å². The molecule has 2 heterocycles. The molecule has 3 rings (SSSR count). The molecule has 2 saturated heterocycles. The molecule has 2 aliphatic rings. The molecular formula is C15H21ClN2. The summed E-state index contributed by atoms with van der Waals surface area (Å²) in [6, 6.07) is 7.13. The van der Waals surface area contributed by atoms with E-state index in [2.05, 4.69) is 28.4 Å². The Balaban J connectivity index is 1.79. The van der Waals surface area contributed by atoms with Crippen LogP contribution in [0.5, 0.6) is 0 Å². The third kappa shape index (κ3) is 2.50. The van der Waals surface area contributed by atoms with Gasteiger partial charge in [-0.05, 0) is 49.9 Å². The van der Waals surface area contributed by atoms with Crippen molar-refractivity contribution >= 4 is 17.3 Å². The summed E-state index contributed by atoms with van der Waals surface area (Å²) >= 11 is 6.46. The fraction of sp³-hybridized carbons (Fsp3) is 0.600. The van der Waals surface area contributed by atoms with E-state index in [1.54, 1.807) is 0 Å². The Bertz CT molecular complexity index is 407. The number of rotatable bonds is 2. The van der Waals surface area contributed by atoms with Crippen LogP contribution >= 0.6 is 11.6 Å². The third-order valence-corrected chi connectivity index (χ3v) is 4.43. The molecule has 1 atom stereocenters. The summed E-state index contributed by atoms with van der Waals surface area (Å²) in [5.74, 6) is 0. The summed E-state index contributed by atoms with van der Waals surface area (Å²) in [6.45, 7) is 3.44. The van der Waals surface area contributed by atoms with Crippen molar-refractivity contribution in [3.05, 3.63) is 28.8 Å². The van der Waals surface area contributed by atoms with Crippen LogP contribution in [0.3, 0.4) is 0 Å². The number of hydrogen-bond acceptors (Lipinski definition) is 2. The number of nitrogens with one attached hydrogen (secondary N) is 1. The molecule has 2 aliphatic heterocycles. The van der Waals surface area contributed by atoms with Crippen molar-refractivity contribution in [1.82, 2.24) is 5.32 Å². The average Bonchev–Trinajstić information content (AvgIpc) is 2.93. The van der Waals surface area contributed by atoms with Gasteiger partial charge in [0.2, 0.25) is 0 Å². The van der Waals surface area contributed by atoms with Gasteiger partial charge in [0.15, 0.2) is 0 Å². The Kier molecular flexibility index (Phi) is 3.76. The maximum absolute atomic E-state index is 6.46. The molecule has 0 saturated carbocycles. The van der Waals surface area contributed by atoms with Crippen molar-refractivity contribution in [2.45, 2.75) is 38.1 Å². The van der Waals surface area contributed by atoms with E-state index in [-0.39, 0.29) is 0 Å². The van der Waals surface area contributed by atoms with Crippen LogP contribution < -0.4 is 10.2 Å². The molecule has 0 aromatic heterocycles. The van der Waals surface area contributed by atoms with Crippen LogP contribution in [0.15, 0.2) is 18.2 Å². The van der Waals surface area contributed by atoms with Gasteiger partial charge in [0.05, 0.1) is 10.7 Å². The maximum Gasteiger partial charge on any atom is 0.0642 e. The number of nitrogens with zero attached hydrogens (tertiary/aromatic N) is 1. The summed E-state index contributed by atoms with van der Waals surface area (Å²) in [6.07, 6.45) is 6.45. The summed E-state index contributed by atoms with van der Waals surface area (Å²) in [7, 11) is 0. The lowest BCUT2D eigenvalue weighted by atomic mass is 9.97. The molecule has 0 amide bonds. The molecule has 1 aromatic carbocycles. The zero-order chi connectivity index (χ0) is 12.4. The summed E-state index contributed by atoms with van der Waals surface area (Å²) in [5, 5.41) is 4.50. The van der Waals surface area contributed by atoms with Gasteiger partial charge in [-0.1, -0.05) is 24.1 Å². The second-order valence-corrected chi connectivity index (χ2v) is 5.81. The third-order valence-electron chi connectivity index (χ3n) is 4.13. The van der Waals surface area contributed by atoms with Crippen molar-refractivity contribution in [3.8, 4) is 0 Å². The lowest BCUT2D eigenvalue weighted by Gasteiger charge is -2.25. The van der Waals surface area contributed by atoms with Crippen molar-refractivity contribution in [1.29, 1.82) is 0 Å². The monoisotopic (exact) mass is 264 g/mol. The van der Waals surface area contributed by atoms with E-state index in [9.17, 15) is 0 Å². The van der Waals surface area contributed by atoms with E-state index in [0.717, 1.165) is 24.7 Å². The molecule has 2 fully saturated rings. The van der Waals surface area contributed by atoms with Gasteiger partial charge in [-0.15, -0.1) is 0 Å². The molecule has 1 N–H and O–H groups in total. The van der Waals surface area contributed by atoms with E-state index >= 15 is 0 Å². The van der Waals surface area contributed by atoms with E-state index < -0.39 is 0 Å². The number of hydrogen-bond donors (Lipinski definition) is 1. The first kappa shape index (κ1) is 12.3. The average molecular weight is 265 g/mol. The van der Waals surface area contributed by atoms with Crippen LogP contribution in [0.4, 0.5) is 5.69 Å². The molecule has 3 heteroatoms. The Morgan fingerprint density at radius 3 is 2.61 bits per heavy atom. The van der Waals surface area contributed by atoms with Gasteiger partial charge in [-0.2, -0.15) is 0 Å². The van der Waals surface area contributed by atoms with Gasteiger partial charge in [-0.3, -0.25) is 0 Å². The molecule has 0 aliphatic carbocycles. The molecule has 18 heavy (non-hydrogen) atoms. The highest BCUT2D eigenvalue weighted by atomic mass is 35.5. The quantitative estimate of drug-likeness (QED) is 0.875. The Hall–Kier alpha value is -0.730. The molecule has 0 spiro atoms. The highest BCUT2D eigenvalue weighted by Crippen LogP contribution is 2.32. The first-order valence-corrected chi connectivity index (χ1v) is 7.50. The predicted molar refractivity (Wildman–Crippen MR) is 77.5 cm³/mol. The number of halogens is 1. The lowest BCUT2D eigenvalue weighted by Crippen LogP contribution is -2.27. The van der Waals surface area contributed by atoms with E-state index in [0.29, 0.717) is 6.04 Å². The number of benzene rings is 1. The fourth-order valence-corrected chi connectivity index (χ4v) is 3.40. The highest BCUT2D eigenvalue weighted by molar-refractivity contribution is 6.33. The first-order chi connectivity index (χ1) is 8.84. The highest BCUT2D eigenvalue weighted by Gasteiger charge is 2.18. The molecule has 1 unspecified atom stereocenters. The Morgan fingerprint density at radius 2 is 1.94 bits per heavy atom. The minimum Gasteiger partial charge on any atom is -0.370 e. The molecule has 0 radical (unpaired) electrons. The van der Waals surface area contributed by atoms with Crippen LogP contribution in [0, 0.1) is 0 Å². The van der Waals surface area contributed by atoms with Gasteiger partial charge in [0.1, 0.15) is 0 Å².